The zero-order valence-corrected chi connectivity index (χ0v) is 16.3. The van der Waals surface area contributed by atoms with E-state index in [0.717, 1.165) is 11.3 Å². The molecule has 3 amide bonds. The summed E-state index contributed by atoms with van der Waals surface area (Å²) < 4.78 is 19.5. The van der Waals surface area contributed by atoms with Crippen LogP contribution < -0.4 is 10.1 Å². The minimum atomic E-state index is -0.595. The van der Waals surface area contributed by atoms with E-state index >= 15 is 0 Å². The van der Waals surface area contributed by atoms with Gasteiger partial charge < -0.3 is 10.1 Å². The molecule has 0 bridgehead atoms. The smallest absolute Gasteiger partial charge is 0.329 e. The second kappa shape index (κ2) is 8.44. The van der Waals surface area contributed by atoms with E-state index < -0.39 is 17.8 Å². The molecule has 146 valence electrons. The molecule has 1 heterocycles. The molecule has 0 unspecified atom stereocenters. The number of benzene rings is 2. The summed E-state index contributed by atoms with van der Waals surface area (Å²) in [4.78, 5) is 25.7. The van der Waals surface area contributed by atoms with Gasteiger partial charge in [-0.3, -0.25) is 9.69 Å². The Balaban J connectivity index is 1.78. The first-order valence-corrected chi connectivity index (χ1v) is 9.31. The predicted octanol–water partition coefficient (Wildman–Crippen LogP) is 4.75. The molecule has 2 aromatic carbocycles. The van der Waals surface area contributed by atoms with E-state index in [-0.39, 0.29) is 23.9 Å². The third kappa shape index (κ3) is 4.34. The van der Waals surface area contributed by atoms with Crippen molar-refractivity contribution in [2.45, 2.75) is 32.9 Å². The molecular formula is C21H20ClFN2O3. The van der Waals surface area contributed by atoms with Gasteiger partial charge in [-0.1, -0.05) is 42.8 Å². The van der Waals surface area contributed by atoms with Gasteiger partial charge in [0, 0.05) is 5.56 Å². The Kier molecular flexibility index (Phi) is 5.99. The third-order valence-corrected chi connectivity index (χ3v) is 4.71. The molecule has 1 fully saturated rings. The number of amides is 3. The molecule has 1 saturated heterocycles. The number of rotatable bonds is 6. The van der Waals surface area contributed by atoms with Crippen LogP contribution in [0.3, 0.4) is 0 Å². The van der Waals surface area contributed by atoms with Gasteiger partial charge in [0.05, 0.1) is 17.7 Å². The van der Waals surface area contributed by atoms with E-state index in [1.165, 1.54) is 18.2 Å². The Bertz CT molecular complexity index is 945. The van der Waals surface area contributed by atoms with Crippen LogP contribution in [-0.4, -0.2) is 22.9 Å². The zero-order valence-electron chi connectivity index (χ0n) is 15.5. The van der Waals surface area contributed by atoms with Crippen molar-refractivity contribution in [1.82, 2.24) is 10.2 Å². The number of nitrogens with zero attached hydrogens (tertiary/aromatic N) is 1. The lowest BCUT2D eigenvalue weighted by Crippen LogP contribution is -2.30. The first kappa shape index (κ1) is 19.9. The molecule has 3 rings (SSSR count). The third-order valence-electron chi connectivity index (χ3n) is 4.42. The fourth-order valence-electron chi connectivity index (χ4n) is 2.68. The summed E-state index contributed by atoms with van der Waals surface area (Å²) in [6, 6.07) is 10.6. The lowest BCUT2D eigenvalue weighted by Gasteiger charge is -2.14. The molecule has 28 heavy (non-hydrogen) atoms. The molecule has 0 aliphatic carbocycles. The number of halogens is 2. The number of hydrogen-bond acceptors (Lipinski definition) is 3. The molecule has 1 N–H and O–H groups in total. The van der Waals surface area contributed by atoms with E-state index in [2.05, 4.69) is 5.32 Å². The summed E-state index contributed by atoms with van der Waals surface area (Å²) in [7, 11) is 0. The number of carbonyl (C=O) groups is 2. The lowest BCUT2D eigenvalue weighted by molar-refractivity contribution is -0.123. The Morgan fingerprint density at radius 1 is 1.25 bits per heavy atom. The van der Waals surface area contributed by atoms with E-state index in [0.29, 0.717) is 16.3 Å². The highest BCUT2D eigenvalue weighted by atomic mass is 35.5. The van der Waals surface area contributed by atoms with Gasteiger partial charge >= 0.3 is 6.03 Å². The zero-order chi connectivity index (χ0) is 20.3. The number of imide groups is 1. The van der Waals surface area contributed by atoms with Crippen molar-refractivity contribution in [3.63, 3.8) is 0 Å². The fourth-order valence-corrected chi connectivity index (χ4v) is 2.91. The number of hydrogen-bond donors (Lipinski definition) is 1. The summed E-state index contributed by atoms with van der Waals surface area (Å²) in [5.41, 5.74) is 1.01. The van der Waals surface area contributed by atoms with Gasteiger partial charge in [-0.25, -0.2) is 9.18 Å². The average molecular weight is 403 g/mol. The lowest BCUT2D eigenvalue weighted by atomic mass is 10.1. The van der Waals surface area contributed by atoms with Crippen LogP contribution >= 0.6 is 11.6 Å². The van der Waals surface area contributed by atoms with Crippen molar-refractivity contribution in [3.8, 4) is 5.75 Å². The van der Waals surface area contributed by atoms with Gasteiger partial charge in [0.15, 0.2) is 0 Å². The Hall–Kier alpha value is -2.86. The fraction of sp³-hybridized carbons (Fsp3) is 0.238. The number of nitrogens with one attached hydrogen (secondary N) is 1. The average Bonchev–Trinajstić information content (AvgIpc) is 2.93. The minimum Gasteiger partial charge on any atom is -0.489 e. The van der Waals surface area contributed by atoms with E-state index in [1.807, 2.05) is 13.8 Å². The molecule has 7 heteroatoms. The number of urea groups is 1. The van der Waals surface area contributed by atoms with Gasteiger partial charge in [-0.15, -0.1) is 0 Å². The van der Waals surface area contributed by atoms with Crippen LogP contribution in [0.15, 0.2) is 48.2 Å². The molecular weight excluding hydrogens is 383 g/mol. The predicted molar refractivity (Wildman–Crippen MR) is 105 cm³/mol. The molecule has 0 aromatic heterocycles. The number of ether oxygens (including phenoxy) is 1. The normalized spacial score (nSPS) is 16.4. The molecule has 0 saturated carbocycles. The summed E-state index contributed by atoms with van der Waals surface area (Å²) in [6.45, 7) is 3.82. The maximum Gasteiger partial charge on any atom is 0.329 e. The minimum absolute atomic E-state index is 0.0318. The molecule has 1 aliphatic heterocycles. The van der Waals surface area contributed by atoms with Crippen LogP contribution in [0.1, 0.15) is 31.4 Å². The van der Waals surface area contributed by atoms with Crippen molar-refractivity contribution in [3.05, 3.63) is 70.1 Å². The maximum atomic E-state index is 13.8. The van der Waals surface area contributed by atoms with Gasteiger partial charge in [0.25, 0.3) is 5.91 Å². The highest BCUT2D eigenvalue weighted by Gasteiger charge is 2.34. The second-order valence-corrected chi connectivity index (χ2v) is 6.90. The van der Waals surface area contributed by atoms with Crippen LogP contribution in [0.5, 0.6) is 5.75 Å². The van der Waals surface area contributed by atoms with Gasteiger partial charge in [-0.2, -0.15) is 0 Å². The van der Waals surface area contributed by atoms with E-state index in [9.17, 15) is 14.0 Å². The molecule has 1 atom stereocenters. The largest absolute Gasteiger partial charge is 0.489 e. The Morgan fingerprint density at radius 2 is 2.00 bits per heavy atom. The standard InChI is InChI=1S/C21H20ClFN2O3/c1-3-13(2)28-19-9-8-14(10-16(19)22)11-18-20(26)25(21(27)24-18)12-15-6-4-5-7-17(15)23/h4-11,13H,3,12H2,1-2H3,(H,24,27)/b18-11-/t13-/m0/s1. The van der Waals surface area contributed by atoms with Crippen molar-refractivity contribution in [2.75, 3.05) is 0 Å². The Morgan fingerprint density at radius 3 is 2.68 bits per heavy atom. The molecule has 2 aromatic rings. The summed E-state index contributed by atoms with van der Waals surface area (Å²) in [6.07, 6.45) is 2.41. The van der Waals surface area contributed by atoms with Crippen molar-refractivity contribution >= 4 is 29.6 Å². The topological polar surface area (TPSA) is 58.6 Å². The van der Waals surface area contributed by atoms with Gasteiger partial charge in [0.2, 0.25) is 0 Å². The maximum absolute atomic E-state index is 13.8. The van der Waals surface area contributed by atoms with Crippen LogP contribution in [-0.2, 0) is 11.3 Å². The quantitative estimate of drug-likeness (QED) is 0.560. The summed E-state index contributed by atoms with van der Waals surface area (Å²) in [5.74, 6) is -0.436. The van der Waals surface area contributed by atoms with Crippen molar-refractivity contribution in [1.29, 1.82) is 0 Å². The van der Waals surface area contributed by atoms with Gasteiger partial charge in [-0.05, 0) is 43.2 Å². The van der Waals surface area contributed by atoms with Crippen LogP contribution in [0.4, 0.5) is 9.18 Å². The van der Waals surface area contributed by atoms with Crippen LogP contribution in [0.2, 0.25) is 5.02 Å². The van der Waals surface area contributed by atoms with E-state index in [4.69, 9.17) is 16.3 Å². The Labute approximate surface area is 167 Å². The van der Waals surface area contributed by atoms with Crippen molar-refractivity contribution in [2.24, 2.45) is 0 Å². The van der Waals surface area contributed by atoms with E-state index in [1.54, 1.807) is 30.3 Å². The highest BCUT2D eigenvalue weighted by Crippen LogP contribution is 2.28. The first-order valence-electron chi connectivity index (χ1n) is 8.93. The number of carbonyl (C=O) groups excluding carboxylic acids is 2. The van der Waals surface area contributed by atoms with Gasteiger partial charge in [0.1, 0.15) is 17.3 Å². The molecule has 0 radical (unpaired) electrons. The molecule has 1 aliphatic rings. The highest BCUT2D eigenvalue weighted by molar-refractivity contribution is 6.32. The first-order chi connectivity index (χ1) is 13.4. The second-order valence-electron chi connectivity index (χ2n) is 6.50. The molecule has 0 spiro atoms. The summed E-state index contributed by atoms with van der Waals surface area (Å²) in [5, 5.41) is 2.93. The SMILES string of the molecule is CC[C@H](C)Oc1ccc(/C=C2\NC(=O)N(Cc3ccccc3F)C2=O)cc1Cl. The van der Waals surface area contributed by atoms with Crippen LogP contribution in [0, 0.1) is 5.82 Å². The van der Waals surface area contributed by atoms with Crippen molar-refractivity contribution < 1.29 is 18.7 Å². The summed E-state index contributed by atoms with van der Waals surface area (Å²) >= 11 is 6.26. The van der Waals surface area contributed by atoms with Crippen LogP contribution in [0.25, 0.3) is 6.08 Å². The monoisotopic (exact) mass is 402 g/mol. The molecule has 5 nitrogen and oxygen atoms in total.